The van der Waals surface area contributed by atoms with E-state index in [4.69, 9.17) is 4.74 Å². The lowest BCUT2D eigenvalue weighted by molar-refractivity contribution is 0.0701. The van der Waals surface area contributed by atoms with Gasteiger partial charge in [0.15, 0.2) is 9.84 Å². The Kier molecular flexibility index (Phi) is 5.34. The molecule has 0 unspecified atom stereocenters. The van der Waals surface area contributed by atoms with E-state index < -0.39 is 15.8 Å². The summed E-state index contributed by atoms with van der Waals surface area (Å²) in [4.78, 5) is 12.6. The lowest BCUT2D eigenvalue weighted by Gasteiger charge is -2.07. The summed E-state index contributed by atoms with van der Waals surface area (Å²) in [7, 11) is -2.11. The zero-order valence-corrected chi connectivity index (χ0v) is 16.4. The average molecular weight is 402 g/mol. The largest absolute Gasteiger partial charge is 0.497 e. The van der Waals surface area contributed by atoms with Crippen molar-refractivity contribution in [2.24, 2.45) is 0 Å². The predicted octanol–water partition coefficient (Wildman–Crippen LogP) is 4.40. The molecule has 0 saturated heterocycles. The molecule has 1 heterocycles. The summed E-state index contributed by atoms with van der Waals surface area (Å²) in [5.41, 5.74) is 1.70. The number of carboxylic acid groups (broad SMARTS) is 1. The maximum atomic E-state index is 12.8. The van der Waals surface area contributed by atoms with E-state index in [2.05, 4.69) is 0 Å². The number of carboxylic acids is 1. The minimum Gasteiger partial charge on any atom is -0.497 e. The third kappa shape index (κ3) is 4.04. The first-order valence-electron chi connectivity index (χ1n) is 8.10. The number of ether oxygens (including phenoxy) is 1. The monoisotopic (exact) mass is 402 g/mol. The van der Waals surface area contributed by atoms with Crippen LogP contribution < -0.4 is 4.74 Å². The van der Waals surface area contributed by atoms with E-state index in [-0.39, 0.29) is 21.1 Å². The van der Waals surface area contributed by atoms with Crippen molar-refractivity contribution >= 4 is 27.1 Å². The molecule has 1 N–H and O–H groups in total. The van der Waals surface area contributed by atoms with Crippen LogP contribution in [0.4, 0.5) is 0 Å². The van der Waals surface area contributed by atoms with Gasteiger partial charge in [0.25, 0.3) is 0 Å². The summed E-state index contributed by atoms with van der Waals surface area (Å²) in [5.74, 6) is -0.851. The van der Waals surface area contributed by atoms with Crippen LogP contribution in [0.1, 0.15) is 20.8 Å². The van der Waals surface area contributed by atoms with Crippen molar-refractivity contribution in [2.45, 2.75) is 17.6 Å². The number of aromatic carboxylic acids is 1. The number of hydrogen-bond donors (Lipinski definition) is 1. The molecular weight excluding hydrogens is 384 g/mol. The van der Waals surface area contributed by atoms with Crippen LogP contribution in [0.2, 0.25) is 0 Å². The standard InChI is InChI=1S/C20H18O5S2/c1-13-6-3-4-9-18(13)27(23,24)12-15-11-17(26-19(15)20(21)22)14-7-5-8-16(10-14)25-2/h3-11H,12H2,1-2H3,(H,21,22). The fraction of sp³-hybridized carbons (Fsp3) is 0.150. The van der Waals surface area contributed by atoms with E-state index in [0.717, 1.165) is 16.9 Å². The highest BCUT2D eigenvalue weighted by molar-refractivity contribution is 7.90. The van der Waals surface area contributed by atoms with E-state index in [1.54, 1.807) is 62.6 Å². The second kappa shape index (κ2) is 7.54. The van der Waals surface area contributed by atoms with Crippen molar-refractivity contribution in [1.82, 2.24) is 0 Å². The summed E-state index contributed by atoms with van der Waals surface area (Å²) in [5, 5.41) is 9.54. The van der Waals surface area contributed by atoms with Gasteiger partial charge in [0.1, 0.15) is 10.6 Å². The fourth-order valence-electron chi connectivity index (χ4n) is 2.82. The van der Waals surface area contributed by atoms with Gasteiger partial charge < -0.3 is 9.84 Å². The lowest BCUT2D eigenvalue weighted by Crippen LogP contribution is -2.08. The third-order valence-electron chi connectivity index (χ3n) is 4.13. The molecule has 140 valence electrons. The van der Waals surface area contributed by atoms with Crippen LogP contribution in [0.15, 0.2) is 59.5 Å². The first-order chi connectivity index (χ1) is 12.8. The Labute approximate surface area is 161 Å². The van der Waals surface area contributed by atoms with Crippen LogP contribution in [0, 0.1) is 6.92 Å². The summed E-state index contributed by atoms with van der Waals surface area (Å²) in [6.07, 6.45) is 0. The first-order valence-corrected chi connectivity index (χ1v) is 10.6. The molecule has 27 heavy (non-hydrogen) atoms. The molecule has 3 aromatic rings. The van der Waals surface area contributed by atoms with E-state index in [0.29, 0.717) is 16.2 Å². The highest BCUT2D eigenvalue weighted by atomic mass is 32.2. The van der Waals surface area contributed by atoms with Gasteiger partial charge in [-0.1, -0.05) is 30.3 Å². The van der Waals surface area contributed by atoms with Gasteiger partial charge in [0, 0.05) is 4.88 Å². The number of aryl methyl sites for hydroxylation is 1. The Hall–Kier alpha value is -2.64. The van der Waals surface area contributed by atoms with Crippen molar-refractivity contribution in [1.29, 1.82) is 0 Å². The molecular formula is C20H18O5S2. The highest BCUT2D eigenvalue weighted by Crippen LogP contribution is 2.35. The smallest absolute Gasteiger partial charge is 0.346 e. The molecule has 0 spiro atoms. The van der Waals surface area contributed by atoms with Gasteiger partial charge in [-0.3, -0.25) is 0 Å². The number of rotatable bonds is 6. The number of thiophene rings is 1. The fourth-order valence-corrected chi connectivity index (χ4v) is 5.57. The van der Waals surface area contributed by atoms with Gasteiger partial charge >= 0.3 is 5.97 Å². The van der Waals surface area contributed by atoms with Crippen LogP contribution in [0.25, 0.3) is 10.4 Å². The maximum Gasteiger partial charge on any atom is 0.346 e. The van der Waals surface area contributed by atoms with Gasteiger partial charge in [0.05, 0.1) is 17.8 Å². The van der Waals surface area contributed by atoms with Gasteiger partial charge in [-0.2, -0.15) is 0 Å². The topological polar surface area (TPSA) is 80.7 Å². The number of carbonyl (C=O) groups is 1. The number of benzene rings is 2. The van der Waals surface area contributed by atoms with E-state index >= 15 is 0 Å². The minimum atomic E-state index is -3.66. The normalized spacial score (nSPS) is 11.3. The minimum absolute atomic E-state index is 0.0324. The molecule has 0 radical (unpaired) electrons. The zero-order valence-electron chi connectivity index (χ0n) is 14.8. The van der Waals surface area contributed by atoms with Crippen molar-refractivity contribution in [3.8, 4) is 16.2 Å². The Morgan fingerprint density at radius 1 is 1.11 bits per heavy atom. The Morgan fingerprint density at radius 3 is 2.52 bits per heavy atom. The van der Waals surface area contributed by atoms with E-state index in [1.807, 2.05) is 6.07 Å². The molecule has 1 aromatic heterocycles. The number of methoxy groups -OCH3 is 1. The SMILES string of the molecule is COc1cccc(-c2cc(CS(=O)(=O)c3ccccc3C)c(C(=O)O)s2)c1. The molecule has 0 aliphatic rings. The van der Waals surface area contributed by atoms with Crippen LogP contribution >= 0.6 is 11.3 Å². The molecule has 0 fully saturated rings. The molecule has 3 rings (SSSR count). The van der Waals surface area contributed by atoms with E-state index in [1.165, 1.54) is 0 Å². The molecule has 7 heteroatoms. The lowest BCUT2D eigenvalue weighted by atomic mass is 10.1. The molecule has 0 aliphatic heterocycles. The van der Waals surface area contributed by atoms with Crippen molar-refractivity contribution in [3.05, 3.63) is 70.6 Å². The van der Waals surface area contributed by atoms with Gasteiger partial charge in [-0.05, 0) is 47.9 Å². The molecule has 0 atom stereocenters. The quantitative estimate of drug-likeness (QED) is 0.661. The second-order valence-corrected chi connectivity index (χ2v) is 9.04. The molecule has 5 nitrogen and oxygen atoms in total. The van der Waals surface area contributed by atoms with Crippen LogP contribution in [-0.2, 0) is 15.6 Å². The second-order valence-electron chi connectivity index (χ2n) is 6.03. The van der Waals surface area contributed by atoms with Crippen molar-refractivity contribution < 1.29 is 23.1 Å². The van der Waals surface area contributed by atoms with E-state index in [9.17, 15) is 18.3 Å². The van der Waals surface area contributed by atoms with Crippen LogP contribution in [0.5, 0.6) is 5.75 Å². The predicted molar refractivity (Wildman–Crippen MR) is 105 cm³/mol. The maximum absolute atomic E-state index is 12.8. The highest BCUT2D eigenvalue weighted by Gasteiger charge is 2.24. The molecule has 0 aliphatic carbocycles. The Balaban J connectivity index is 2.04. The molecule has 2 aromatic carbocycles. The number of sulfone groups is 1. The van der Waals surface area contributed by atoms with Gasteiger partial charge in [-0.15, -0.1) is 11.3 Å². The van der Waals surface area contributed by atoms with Crippen molar-refractivity contribution in [2.75, 3.05) is 7.11 Å². The van der Waals surface area contributed by atoms with Crippen LogP contribution in [0.3, 0.4) is 0 Å². The summed E-state index contributed by atoms with van der Waals surface area (Å²) < 4.78 is 30.9. The number of hydrogen-bond acceptors (Lipinski definition) is 5. The zero-order chi connectivity index (χ0) is 19.6. The Bertz CT molecular complexity index is 1100. The third-order valence-corrected chi connectivity index (χ3v) is 7.17. The summed E-state index contributed by atoms with van der Waals surface area (Å²) in [6.45, 7) is 1.72. The average Bonchev–Trinajstić information content (AvgIpc) is 3.05. The first kappa shape index (κ1) is 19.1. The summed E-state index contributed by atoms with van der Waals surface area (Å²) >= 11 is 1.06. The van der Waals surface area contributed by atoms with Gasteiger partial charge in [-0.25, -0.2) is 13.2 Å². The summed E-state index contributed by atoms with van der Waals surface area (Å²) in [6, 6.07) is 15.5. The van der Waals surface area contributed by atoms with Crippen LogP contribution in [-0.4, -0.2) is 26.6 Å². The Morgan fingerprint density at radius 2 is 1.85 bits per heavy atom. The molecule has 0 saturated carbocycles. The van der Waals surface area contributed by atoms with Gasteiger partial charge in [0.2, 0.25) is 0 Å². The molecule has 0 amide bonds. The molecule has 0 bridgehead atoms. The van der Waals surface area contributed by atoms with Crippen molar-refractivity contribution in [3.63, 3.8) is 0 Å².